The highest BCUT2D eigenvalue weighted by molar-refractivity contribution is 8.01. The maximum atomic E-state index is 13.5. The van der Waals surface area contributed by atoms with E-state index in [2.05, 4.69) is 15.5 Å². The largest absolute Gasteiger partial charge is 0.342 e. The Bertz CT molecular complexity index is 1220. The van der Waals surface area contributed by atoms with Crippen molar-refractivity contribution < 1.29 is 18.5 Å². The molecule has 0 bridgehead atoms. The number of nitrogens with one attached hydrogen (secondary N) is 1. The van der Waals surface area contributed by atoms with Gasteiger partial charge in [0.25, 0.3) is 0 Å². The summed E-state index contributed by atoms with van der Waals surface area (Å²) in [7, 11) is 0. The van der Waals surface area contributed by atoms with Gasteiger partial charge in [0.2, 0.25) is 23.5 Å². The number of amides is 2. The molecule has 5 rings (SSSR count). The molecule has 170 valence electrons. The van der Waals surface area contributed by atoms with Gasteiger partial charge in [-0.25, -0.2) is 4.39 Å². The minimum absolute atomic E-state index is 0.0883. The number of piperidine rings is 1. The van der Waals surface area contributed by atoms with Crippen LogP contribution in [0.15, 0.2) is 51.9 Å². The second kappa shape index (κ2) is 9.15. The first-order valence-corrected chi connectivity index (χ1v) is 11.9. The second-order valence-electron chi connectivity index (χ2n) is 8.09. The number of aromatic nitrogens is 2. The van der Waals surface area contributed by atoms with E-state index in [0.29, 0.717) is 41.1 Å². The summed E-state index contributed by atoms with van der Waals surface area (Å²) in [5.74, 6) is -0.0101. The number of likely N-dealkylation sites (tertiary alicyclic amines) is 1. The Hall–Kier alpha value is -2.91. The van der Waals surface area contributed by atoms with Crippen LogP contribution in [0, 0.1) is 5.82 Å². The summed E-state index contributed by atoms with van der Waals surface area (Å²) >= 11 is 7.37. The zero-order valence-electron chi connectivity index (χ0n) is 17.5. The molecule has 3 aromatic rings. The first kappa shape index (κ1) is 21.9. The zero-order chi connectivity index (χ0) is 22.9. The van der Waals surface area contributed by atoms with E-state index in [1.807, 2.05) is 6.07 Å². The van der Waals surface area contributed by atoms with Crippen molar-refractivity contribution in [2.45, 2.75) is 35.3 Å². The molecule has 2 aliphatic heterocycles. The van der Waals surface area contributed by atoms with Crippen LogP contribution in [0.4, 0.5) is 10.1 Å². The topological polar surface area (TPSA) is 88.3 Å². The molecule has 2 unspecified atom stereocenters. The smallest absolute Gasteiger partial charge is 0.238 e. The number of fused-ring (bicyclic) bond motifs is 1. The van der Waals surface area contributed by atoms with Crippen LogP contribution in [0.5, 0.6) is 0 Å². The Morgan fingerprint density at radius 3 is 3.03 bits per heavy atom. The fraction of sp³-hybridized carbons (Fsp3) is 0.304. The zero-order valence-corrected chi connectivity index (χ0v) is 19.0. The molecular weight excluding hydrogens is 467 g/mol. The lowest BCUT2D eigenvalue weighted by Crippen LogP contribution is -2.42. The SMILES string of the molecule is O=C1Nc2cc(Cl)ccc2SC1CC(=O)N1CCCC(c2nc(-c3cccc(F)c3)no2)C1. The van der Waals surface area contributed by atoms with Crippen molar-refractivity contribution in [2.75, 3.05) is 18.4 Å². The average molecular weight is 487 g/mol. The van der Waals surface area contributed by atoms with Crippen molar-refractivity contribution in [3.05, 3.63) is 59.2 Å². The van der Waals surface area contributed by atoms with Gasteiger partial charge in [0.05, 0.1) is 16.9 Å². The maximum Gasteiger partial charge on any atom is 0.238 e. The van der Waals surface area contributed by atoms with Gasteiger partial charge in [-0.1, -0.05) is 28.9 Å². The molecule has 2 aromatic carbocycles. The molecule has 0 radical (unpaired) electrons. The number of carbonyl (C=O) groups excluding carboxylic acids is 2. The van der Waals surface area contributed by atoms with Crippen molar-refractivity contribution in [3.8, 4) is 11.4 Å². The molecule has 0 saturated carbocycles. The van der Waals surface area contributed by atoms with Gasteiger partial charge in [0.1, 0.15) is 5.82 Å². The van der Waals surface area contributed by atoms with E-state index in [4.69, 9.17) is 16.1 Å². The number of halogens is 2. The van der Waals surface area contributed by atoms with E-state index in [1.54, 1.807) is 29.2 Å². The monoisotopic (exact) mass is 486 g/mol. The number of anilines is 1. The van der Waals surface area contributed by atoms with Crippen molar-refractivity contribution >= 4 is 40.9 Å². The van der Waals surface area contributed by atoms with Gasteiger partial charge in [0, 0.05) is 35.0 Å². The number of hydrogen-bond acceptors (Lipinski definition) is 6. The molecule has 2 aliphatic rings. The van der Waals surface area contributed by atoms with Crippen LogP contribution in [0.25, 0.3) is 11.4 Å². The third kappa shape index (κ3) is 4.74. The molecule has 3 heterocycles. The van der Waals surface area contributed by atoms with Crippen molar-refractivity contribution in [2.24, 2.45) is 0 Å². The molecule has 2 atom stereocenters. The predicted octanol–water partition coefficient (Wildman–Crippen LogP) is 4.74. The lowest BCUT2D eigenvalue weighted by molar-refractivity contribution is -0.133. The number of carbonyl (C=O) groups is 2. The van der Waals surface area contributed by atoms with Gasteiger partial charge in [-0.05, 0) is 43.2 Å². The minimum Gasteiger partial charge on any atom is -0.342 e. The number of thioether (sulfide) groups is 1. The second-order valence-corrected chi connectivity index (χ2v) is 9.77. The molecule has 1 aromatic heterocycles. The molecule has 1 fully saturated rings. The fourth-order valence-corrected chi connectivity index (χ4v) is 5.35. The lowest BCUT2D eigenvalue weighted by atomic mass is 9.97. The quantitative estimate of drug-likeness (QED) is 0.573. The summed E-state index contributed by atoms with van der Waals surface area (Å²) in [6.07, 6.45) is 1.70. The highest BCUT2D eigenvalue weighted by Gasteiger charge is 2.33. The highest BCUT2D eigenvalue weighted by atomic mass is 35.5. The molecule has 0 aliphatic carbocycles. The summed E-state index contributed by atoms with van der Waals surface area (Å²) in [5, 5.41) is 6.86. The van der Waals surface area contributed by atoms with Crippen LogP contribution >= 0.6 is 23.4 Å². The number of nitrogens with zero attached hydrogens (tertiary/aromatic N) is 3. The first-order valence-electron chi connectivity index (χ1n) is 10.6. The lowest BCUT2D eigenvalue weighted by Gasteiger charge is -2.32. The summed E-state index contributed by atoms with van der Waals surface area (Å²) < 4.78 is 18.9. The average Bonchev–Trinajstić information content (AvgIpc) is 3.30. The van der Waals surface area contributed by atoms with Crippen LogP contribution < -0.4 is 5.32 Å². The van der Waals surface area contributed by atoms with Crippen LogP contribution in [-0.4, -0.2) is 45.2 Å². The normalized spacial score (nSPS) is 20.3. The summed E-state index contributed by atoms with van der Waals surface area (Å²) in [4.78, 5) is 32.6. The minimum atomic E-state index is -0.505. The van der Waals surface area contributed by atoms with Gasteiger partial charge < -0.3 is 14.7 Å². The van der Waals surface area contributed by atoms with Crippen LogP contribution in [0.1, 0.15) is 31.1 Å². The fourth-order valence-electron chi connectivity index (χ4n) is 4.10. The summed E-state index contributed by atoms with van der Waals surface area (Å²) in [6, 6.07) is 11.3. The van der Waals surface area contributed by atoms with Crippen LogP contribution in [0.3, 0.4) is 0 Å². The third-order valence-corrected chi connectivity index (χ3v) is 7.28. The Balaban J connectivity index is 1.24. The van der Waals surface area contributed by atoms with E-state index in [-0.39, 0.29) is 30.0 Å². The Morgan fingerprint density at radius 2 is 2.18 bits per heavy atom. The Labute approximate surface area is 198 Å². The van der Waals surface area contributed by atoms with E-state index in [1.165, 1.54) is 23.9 Å². The van der Waals surface area contributed by atoms with Gasteiger partial charge in [-0.3, -0.25) is 9.59 Å². The molecule has 7 nitrogen and oxygen atoms in total. The molecule has 0 spiro atoms. The van der Waals surface area contributed by atoms with E-state index >= 15 is 0 Å². The van der Waals surface area contributed by atoms with Crippen molar-refractivity contribution in [1.29, 1.82) is 0 Å². The van der Waals surface area contributed by atoms with Gasteiger partial charge in [0.15, 0.2) is 0 Å². The van der Waals surface area contributed by atoms with Crippen molar-refractivity contribution in [3.63, 3.8) is 0 Å². The van der Waals surface area contributed by atoms with E-state index in [9.17, 15) is 14.0 Å². The van der Waals surface area contributed by atoms with Crippen LogP contribution in [0.2, 0.25) is 5.02 Å². The van der Waals surface area contributed by atoms with Crippen molar-refractivity contribution in [1.82, 2.24) is 15.0 Å². The van der Waals surface area contributed by atoms with Gasteiger partial charge >= 0.3 is 0 Å². The Morgan fingerprint density at radius 1 is 1.30 bits per heavy atom. The molecule has 10 heteroatoms. The molecule has 1 N–H and O–H groups in total. The molecule has 1 saturated heterocycles. The van der Waals surface area contributed by atoms with E-state index < -0.39 is 5.25 Å². The molecular formula is C23H20ClFN4O3S. The van der Waals surface area contributed by atoms with Crippen LogP contribution in [-0.2, 0) is 9.59 Å². The van der Waals surface area contributed by atoms with E-state index in [0.717, 1.165) is 17.7 Å². The highest BCUT2D eigenvalue weighted by Crippen LogP contribution is 2.39. The maximum absolute atomic E-state index is 13.5. The number of rotatable bonds is 4. The van der Waals surface area contributed by atoms with Gasteiger partial charge in [-0.2, -0.15) is 4.98 Å². The first-order chi connectivity index (χ1) is 16.0. The van der Waals surface area contributed by atoms with Gasteiger partial charge in [-0.15, -0.1) is 11.8 Å². The Kier molecular flexibility index (Phi) is 6.07. The summed E-state index contributed by atoms with van der Waals surface area (Å²) in [6.45, 7) is 1.06. The standard InChI is InChI=1S/C23H20ClFN4O3S/c24-15-6-7-18-17(10-15)26-22(31)19(33-18)11-20(30)29-8-2-4-14(12-29)23-27-21(28-32-23)13-3-1-5-16(25)9-13/h1,3,5-7,9-10,14,19H,2,4,8,11-12H2,(H,26,31). The molecule has 2 amide bonds. The summed E-state index contributed by atoms with van der Waals surface area (Å²) in [5.41, 5.74) is 1.21. The number of hydrogen-bond donors (Lipinski definition) is 1. The molecule has 33 heavy (non-hydrogen) atoms. The number of benzene rings is 2. The predicted molar refractivity (Wildman–Crippen MR) is 123 cm³/mol. The third-order valence-electron chi connectivity index (χ3n) is 5.77.